The van der Waals surface area contributed by atoms with E-state index in [1.165, 1.54) is 7.11 Å². The zero-order valence-electron chi connectivity index (χ0n) is 11.1. The first kappa shape index (κ1) is 13.6. The second-order valence-electron chi connectivity index (χ2n) is 4.95. The molecule has 4 heteroatoms. The van der Waals surface area contributed by atoms with Crippen molar-refractivity contribution in [2.45, 2.75) is 32.9 Å². The number of hydrogen-bond acceptors (Lipinski definition) is 4. The van der Waals surface area contributed by atoms with Gasteiger partial charge in [-0.15, -0.1) is 0 Å². The highest BCUT2D eigenvalue weighted by molar-refractivity contribution is 5.52. The number of ether oxygens (including phenoxy) is 2. The molecule has 0 aliphatic heterocycles. The van der Waals surface area contributed by atoms with E-state index in [9.17, 15) is 5.11 Å². The quantitative estimate of drug-likeness (QED) is 0.846. The molecule has 0 aliphatic carbocycles. The van der Waals surface area contributed by atoms with Crippen molar-refractivity contribution in [1.29, 1.82) is 0 Å². The fraction of sp³-hybridized carbons (Fsp3) is 0.538. The van der Waals surface area contributed by atoms with Crippen molar-refractivity contribution in [3.63, 3.8) is 0 Å². The first-order valence-electron chi connectivity index (χ1n) is 5.56. The highest BCUT2D eigenvalue weighted by atomic mass is 16.5. The summed E-state index contributed by atoms with van der Waals surface area (Å²) in [7, 11) is 3.06. The Morgan fingerprint density at radius 1 is 1.18 bits per heavy atom. The van der Waals surface area contributed by atoms with Crippen LogP contribution in [0.4, 0.5) is 0 Å². The van der Waals surface area contributed by atoms with Crippen LogP contribution in [0.1, 0.15) is 26.3 Å². The van der Waals surface area contributed by atoms with Crippen LogP contribution in [0, 0.1) is 0 Å². The maximum absolute atomic E-state index is 9.80. The lowest BCUT2D eigenvalue weighted by Crippen LogP contribution is -2.35. The van der Waals surface area contributed by atoms with E-state index < -0.39 is 0 Å². The summed E-state index contributed by atoms with van der Waals surface area (Å²) in [5.74, 6) is 1.00. The Kier molecular flexibility index (Phi) is 4.23. The summed E-state index contributed by atoms with van der Waals surface area (Å²) in [6, 6.07) is 3.54. The first-order chi connectivity index (χ1) is 7.87. The van der Waals surface area contributed by atoms with Gasteiger partial charge in [-0.25, -0.2) is 0 Å². The lowest BCUT2D eigenvalue weighted by Gasteiger charge is -2.21. The number of nitrogens with one attached hydrogen (secondary N) is 1. The second-order valence-corrected chi connectivity index (χ2v) is 4.95. The van der Waals surface area contributed by atoms with E-state index in [0.29, 0.717) is 18.0 Å². The van der Waals surface area contributed by atoms with Crippen molar-refractivity contribution >= 4 is 0 Å². The van der Waals surface area contributed by atoms with Crippen LogP contribution in [0.3, 0.4) is 0 Å². The van der Waals surface area contributed by atoms with Crippen LogP contribution < -0.4 is 14.8 Å². The van der Waals surface area contributed by atoms with Crippen LogP contribution in [-0.2, 0) is 6.54 Å². The van der Waals surface area contributed by atoms with Crippen LogP contribution in [0.2, 0.25) is 0 Å². The minimum absolute atomic E-state index is 0.0305. The summed E-state index contributed by atoms with van der Waals surface area (Å²) in [5, 5.41) is 13.1. The summed E-state index contributed by atoms with van der Waals surface area (Å²) in [6.45, 7) is 6.94. The summed E-state index contributed by atoms with van der Waals surface area (Å²) in [6.07, 6.45) is 0. The van der Waals surface area contributed by atoms with Crippen molar-refractivity contribution in [1.82, 2.24) is 5.32 Å². The summed E-state index contributed by atoms with van der Waals surface area (Å²) in [5.41, 5.74) is 0.984. The zero-order valence-corrected chi connectivity index (χ0v) is 11.1. The van der Waals surface area contributed by atoms with Gasteiger partial charge in [0.05, 0.1) is 14.2 Å². The van der Waals surface area contributed by atoms with E-state index in [0.717, 1.165) is 5.56 Å². The van der Waals surface area contributed by atoms with Crippen molar-refractivity contribution in [3.05, 3.63) is 17.7 Å². The molecule has 0 bridgehead atoms. The molecule has 0 atom stereocenters. The van der Waals surface area contributed by atoms with Gasteiger partial charge in [0.2, 0.25) is 5.75 Å². The first-order valence-corrected chi connectivity index (χ1v) is 5.56. The molecule has 0 spiro atoms. The Hall–Kier alpha value is -1.42. The predicted octanol–water partition coefficient (Wildman–Crippen LogP) is 2.30. The molecule has 0 aromatic heterocycles. The van der Waals surface area contributed by atoms with E-state index in [4.69, 9.17) is 9.47 Å². The SMILES string of the molecule is COc1cc(CNC(C)(C)C)cc(O)c1OC. The van der Waals surface area contributed by atoms with Gasteiger partial charge < -0.3 is 19.9 Å². The third-order valence-electron chi connectivity index (χ3n) is 2.34. The van der Waals surface area contributed by atoms with E-state index in [-0.39, 0.29) is 11.3 Å². The average Bonchev–Trinajstić information content (AvgIpc) is 2.24. The molecule has 0 unspecified atom stereocenters. The summed E-state index contributed by atoms with van der Waals surface area (Å²) in [4.78, 5) is 0. The van der Waals surface area contributed by atoms with Gasteiger partial charge in [-0.2, -0.15) is 0 Å². The molecule has 0 amide bonds. The Labute approximate surface area is 103 Å². The fourth-order valence-corrected chi connectivity index (χ4v) is 1.47. The molecule has 4 nitrogen and oxygen atoms in total. The number of methoxy groups -OCH3 is 2. The molecule has 0 fully saturated rings. The van der Waals surface area contributed by atoms with Gasteiger partial charge in [0.15, 0.2) is 11.5 Å². The second kappa shape index (κ2) is 5.27. The third-order valence-corrected chi connectivity index (χ3v) is 2.34. The highest BCUT2D eigenvalue weighted by Gasteiger charge is 2.13. The molecule has 0 radical (unpaired) electrons. The lowest BCUT2D eigenvalue weighted by atomic mass is 10.1. The standard InChI is InChI=1S/C13H21NO3/c1-13(2,3)14-8-9-6-10(15)12(17-5)11(7-9)16-4/h6-7,14-15H,8H2,1-5H3. The van der Waals surface area contributed by atoms with E-state index in [1.807, 2.05) is 6.07 Å². The zero-order chi connectivity index (χ0) is 13.1. The minimum atomic E-state index is 0.0305. The molecule has 0 heterocycles. The maximum atomic E-state index is 9.80. The van der Waals surface area contributed by atoms with Gasteiger partial charge in [0.25, 0.3) is 0 Å². The Morgan fingerprint density at radius 3 is 2.29 bits per heavy atom. The molecule has 96 valence electrons. The molecule has 1 aromatic rings. The normalized spacial score (nSPS) is 11.4. The van der Waals surface area contributed by atoms with Crippen LogP contribution in [-0.4, -0.2) is 24.9 Å². The molecule has 17 heavy (non-hydrogen) atoms. The summed E-state index contributed by atoms with van der Waals surface area (Å²) >= 11 is 0. The van der Waals surface area contributed by atoms with Crippen LogP contribution >= 0.6 is 0 Å². The average molecular weight is 239 g/mol. The molecule has 1 aromatic carbocycles. The van der Waals surface area contributed by atoms with Gasteiger partial charge in [-0.3, -0.25) is 0 Å². The van der Waals surface area contributed by atoms with Gasteiger partial charge in [-0.05, 0) is 38.5 Å². The number of phenols is 1. The minimum Gasteiger partial charge on any atom is -0.504 e. The predicted molar refractivity (Wildman–Crippen MR) is 67.8 cm³/mol. The van der Waals surface area contributed by atoms with E-state index in [2.05, 4.69) is 26.1 Å². The number of rotatable bonds is 4. The Morgan fingerprint density at radius 2 is 1.82 bits per heavy atom. The molecule has 2 N–H and O–H groups in total. The largest absolute Gasteiger partial charge is 0.504 e. The maximum Gasteiger partial charge on any atom is 0.203 e. The van der Waals surface area contributed by atoms with Gasteiger partial charge in [-0.1, -0.05) is 0 Å². The topological polar surface area (TPSA) is 50.7 Å². The number of phenolic OH excluding ortho intramolecular Hbond substituents is 1. The molecular weight excluding hydrogens is 218 g/mol. The monoisotopic (exact) mass is 239 g/mol. The van der Waals surface area contributed by atoms with E-state index >= 15 is 0 Å². The van der Waals surface area contributed by atoms with Crippen LogP contribution in [0.5, 0.6) is 17.2 Å². The molecule has 0 saturated heterocycles. The molecular formula is C13H21NO3. The number of benzene rings is 1. The van der Waals surface area contributed by atoms with Gasteiger partial charge in [0, 0.05) is 12.1 Å². The molecule has 1 rings (SSSR count). The van der Waals surface area contributed by atoms with Gasteiger partial charge >= 0.3 is 0 Å². The van der Waals surface area contributed by atoms with Crippen molar-refractivity contribution < 1.29 is 14.6 Å². The van der Waals surface area contributed by atoms with Crippen molar-refractivity contribution in [3.8, 4) is 17.2 Å². The van der Waals surface area contributed by atoms with E-state index in [1.54, 1.807) is 13.2 Å². The smallest absolute Gasteiger partial charge is 0.203 e. The Bertz CT molecular complexity index is 383. The Balaban J connectivity index is 2.92. The lowest BCUT2D eigenvalue weighted by molar-refractivity contribution is 0.331. The molecule has 0 saturated carbocycles. The van der Waals surface area contributed by atoms with Crippen molar-refractivity contribution in [2.24, 2.45) is 0 Å². The highest BCUT2D eigenvalue weighted by Crippen LogP contribution is 2.37. The van der Waals surface area contributed by atoms with Gasteiger partial charge in [0.1, 0.15) is 0 Å². The molecule has 0 aliphatic rings. The summed E-state index contributed by atoms with van der Waals surface area (Å²) < 4.78 is 10.2. The third kappa shape index (κ3) is 3.82. The van der Waals surface area contributed by atoms with Crippen LogP contribution in [0.15, 0.2) is 12.1 Å². The number of hydrogen-bond donors (Lipinski definition) is 2. The number of aromatic hydroxyl groups is 1. The van der Waals surface area contributed by atoms with Crippen LogP contribution in [0.25, 0.3) is 0 Å². The van der Waals surface area contributed by atoms with Crippen molar-refractivity contribution in [2.75, 3.05) is 14.2 Å². The fourth-order valence-electron chi connectivity index (χ4n) is 1.47.